The molecule has 2 N–H and O–H groups in total. The fourth-order valence-electron chi connectivity index (χ4n) is 1.89. The van der Waals surface area contributed by atoms with Gasteiger partial charge in [0.2, 0.25) is 0 Å². The number of nitrogens with zero attached hydrogens (tertiary/aromatic N) is 2. The zero-order valence-electron chi connectivity index (χ0n) is 11.0. The number of benzene rings is 1. The fourth-order valence-corrected chi connectivity index (χ4v) is 1.89. The fraction of sp³-hybridized carbons (Fsp3) is 0.143. The molecule has 1 aromatic carbocycles. The first kappa shape index (κ1) is 14.5. The first-order valence-electron chi connectivity index (χ1n) is 5.94. The minimum Gasteiger partial charge on any atom is -0.478 e. The molecule has 21 heavy (non-hydrogen) atoms. The average molecular weight is 291 g/mol. The lowest BCUT2D eigenvalue weighted by Crippen LogP contribution is -2.06. The molecule has 0 atom stereocenters. The lowest BCUT2D eigenvalue weighted by molar-refractivity contribution is 0.0692. The Balaban J connectivity index is 2.21. The molecule has 0 bridgehead atoms. The first-order chi connectivity index (χ1) is 9.92. The number of aromatic nitrogens is 1. The monoisotopic (exact) mass is 291 g/mol. The van der Waals surface area contributed by atoms with Crippen molar-refractivity contribution in [3.05, 3.63) is 52.9 Å². The number of carbonyl (C=O) groups is 1. The normalized spacial score (nSPS) is 10.2. The van der Waals surface area contributed by atoms with Crippen molar-refractivity contribution in [1.82, 2.24) is 4.57 Å². The van der Waals surface area contributed by atoms with E-state index in [0.29, 0.717) is 11.8 Å². The minimum absolute atomic E-state index is 0.115. The van der Waals surface area contributed by atoms with Crippen molar-refractivity contribution in [3.63, 3.8) is 0 Å². The predicted molar refractivity (Wildman–Crippen MR) is 70.8 cm³/mol. The van der Waals surface area contributed by atoms with Gasteiger partial charge in [-0.1, -0.05) is 0 Å². The molecule has 0 unspecified atom stereocenters. The highest BCUT2D eigenvalue weighted by molar-refractivity contribution is 5.89. The second-order valence-electron chi connectivity index (χ2n) is 4.43. The maximum Gasteiger partial charge on any atom is 0.338 e. The number of carboxylic acids is 1. The second-order valence-corrected chi connectivity index (χ2v) is 4.43. The maximum atomic E-state index is 13.6. The summed E-state index contributed by atoms with van der Waals surface area (Å²) >= 11 is 0. The molecule has 0 aliphatic carbocycles. The van der Waals surface area contributed by atoms with Crippen LogP contribution in [0.4, 0.5) is 14.5 Å². The molecule has 108 valence electrons. The van der Waals surface area contributed by atoms with Gasteiger partial charge in [0.25, 0.3) is 0 Å². The maximum absolute atomic E-state index is 13.6. The van der Waals surface area contributed by atoms with Crippen LogP contribution in [0.2, 0.25) is 0 Å². The molecule has 0 amide bonds. The van der Waals surface area contributed by atoms with Gasteiger partial charge in [0, 0.05) is 25.9 Å². The quantitative estimate of drug-likeness (QED) is 0.907. The molecule has 0 saturated heterocycles. The summed E-state index contributed by atoms with van der Waals surface area (Å²) in [7, 11) is 1.70. The highest BCUT2D eigenvalue weighted by Crippen LogP contribution is 2.20. The Morgan fingerprint density at radius 3 is 2.67 bits per heavy atom. The van der Waals surface area contributed by atoms with E-state index in [9.17, 15) is 13.6 Å². The number of hydrogen-bond donors (Lipinski definition) is 2. The predicted octanol–water partition coefficient (Wildman–Crippen LogP) is 2.49. The van der Waals surface area contributed by atoms with Crippen LogP contribution < -0.4 is 5.32 Å². The van der Waals surface area contributed by atoms with E-state index in [0.717, 1.165) is 11.6 Å². The van der Waals surface area contributed by atoms with E-state index < -0.39 is 23.2 Å². The number of rotatable bonds is 4. The van der Waals surface area contributed by atoms with E-state index >= 15 is 0 Å². The lowest BCUT2D eigenvalue weighted by atomic mass is 10.1. The Hall–Kier alpha value is -2.88. The molecule has 1 heterocycles. The Morgan fingerprint density at radius 2 is 2.10 bits per heavy atom. The van der Waals surface area contributed by atoms with Gasteiger partial charge in [-0.25, -0.2) is 13.6 Å². The van der Waals surface area contributed by atoms with E-state index in [1.165, 1.54) is 0 Å². The molecule has 0 spiro atoms. The summed E-state index contributed by atoms with van der Waals surface area (Å²) in [5.41, 5.74) is 0.438. The van der Waals surface area contributed by atoms with Gasteiger partial charge in [-0.15, -0.1) is 0 Å². The van der Waals surface area contributed by atoms with Crippen molar-refractivity contribution < 1.29 is 18.7 Å². The Morgan fingerprint density at radius 1 is 1.38 bits per heavy atom. The van der Waals surface area contributed by atoms with Gasteiger partial charge in [-0.2, -0.15) is 5.26 Å². The average Bonchev–Trinajstić information content (AvgIpc) is 2.77. The van der Waals surface area contributed by atoms with E-state index in [1.54, 1.807) is 23.9 Å². The van der Waals surface area contributed by atoms with Gasteiger partial charge < -0.3 is 15.0 Å². The third kappa shape index (κ3) is 3.00. The molecule has 1 aromatic heterocycles. The SMILES string of the molecule is Cn1cc(CNc2cc(C(=O)O)c(F)cc2F)cc1C#N. The van der Waals surface area contributed by atoms with Crippen molar-refractivity contribution >= 4 is 11.7 Å². The number of aromatic carboxylic acids is 1. The number of nitrogens with one attached hydrogen (secondary N) is 1. The standard InChI is InChI=1S/C14H11F2N3O2/c1-19-7-8(2-9(19)5-17)6-18-13-3-10(14(20)21)11(15)4-12(13)16/h2-4,7,18H,6H2,1H3,(H,20,21). The van der Waals surface area contributed by atoms with E-state index in [1.807, 2.05) is 6.07 Å². The first-order valence-corrected chi connectivity index (χ1v) is 5.94. The summed E-state index contributed by atoms with van der Waals surface area (Å²) in [4.78, 5) is 10.8. The molecule has 2 aromatic rings. The summed E-state index contributed by atoms with van der Waals surface area (Å²) in [6, 6.07) is 5.04. The highest BCUT2D eigenvalue weighted by atomic mass is 19.1. The third-order valence-corrected chi connectivity index (χ3v) is 2.95. The molecule has 0 aliphatic rings. The number of carboxylic acid groups (broad SMARTS) is 1. The van der Waals surface area contributed by atoms with Gasteiger partial charge in [0.15, 0.2) is 0 Å². The summed E-state index contributed by atoms with van der Waals surface area (Å²) in [6.45, 7) is 0.178. The van der Waals surface area contributed by atoms with Gasteiger partial charge in [0.05, 0.1) is 11.3 Å². The molecule has 7 heteroatoms. The Kier molecular flexibility index (Phi) is 3.89. The zero-order valence-corrected chi connectivity index (χ0v) is 11.0. The number of halogens is 2. The van der Waals surface area contributed by atoms with Crippen molar-refractivity contribution in [1.29, 1.82) is 5.26 Å². The highest BCUT2D eigenvalue weighted by Gasteiger charge is 2.15. The lowest BCUT2D eigenvalue weighted by Gasteiger charge is -2.08. The zero-order chi connectivity index (χ0) is 15.6. The molecular formula is C14H11F2N3O2. The molecule has 0 saturated carbocycles. The smallest absolute Gasteiger partial charge is 0.338 e. The Bertz CT molecular complexity index is 747. The van der Waals surface area contributed by atoms with Crippen LogP contribution in [0.1, 0.15) is 21.6 Å². The van der Waals surface area contributed by atoms with Gasteiger partial charge >= 0.3 is 5.97 Å². The van der Waals surface area contributed by atoms with E-state index in [4.69, 9.17) is 10.4 Å². The summed E-state index contributed by atoms with van der Waals surface area (Å²) in [5.74, 6) is -3.48. The summed E-state index contributed by atoms with van der Waals surface area (Å²) in [5, 5.41) is 20.3. The van der Waals surface area contributed by atoms with Crippen LogP contribution in [-0.4, -0.2) is 15.6 Å². The van der Waals surface area contributed by atoms with Crippen molar-refractivity contribution in [2.24, 2.45) is 7.05 Å². The van der Waals surface area contributed by atoms with E-state index in [2.05, 4.69) is 5.32 Å². The number of nitriles is 1. The van der Waals surface area contributed by atoms with Crippen molar-refractivity contribution in [2.45, 2.75) is 6.54 Å². The van der Waals surface area contributed by atoms with Gasteiger partial charge in [0.1, 0.15) is 23.4 Å². The van der Waals surface area contributed by atoms with Crippen molar-refractivity contribution in [3.8, 4) is 6.07 Å². The van der Waals surface area contributed by atoms with Crippen LogP contribution in [0.15, 0.2) is 24.4 Å². The van der Waals surface area contributed by atoms with Crippen LogP contribution in [0.3, 0.4) is 0 Å². The van der Waals surface area contributed by atoms with Crippen LogP contribution in [0.25, 0.3) is 0 Å². The van der Waals surface area contributed by atoms with Gasteiger partial charge in [-0.3, -0.25) is 0 Å². The molecular weight excluding hydrogens is 280 g/mol. The summed E-state index contributed by atoms with van der Waals surface area (Å²) in [6.07, 6.45) is 1.69. The van der Waals surface area contributed by atoms with Crippen LogP contribution in [0.5, 0.6) is 0 Å². The number of hydrogen-bond acceptors (Lipinski definition) is 3. The Labute approximate surface area is 119 Å². The summed E-state index contributed by atoms with van der Waals surface area (Å²) < 4.78 is 28.5. The largest absolute Gasteiger partial charge is 0.478 e. The number of anilines is 1. The van der Waals surface area contributed by atoms with E-state index in [-0.39, 0.29) is 12.2 Å². The molecule has 0 radical (unpaired) electrons. The van der Waals surface area contributed by atoms with Crippen LogP contribution in [-0.2, 0) is 13.6 Å². The van der Waals surface area contributed by atoms with Gasteiger partial charge in [-0.05, 0) is 17.7 Å². The topological polar surface area (TPSA) is 78.1 Å². The molecule has 2 rings (SSSR count). The van der Waals surface area contributed by atoms with Crippen LogP contribution in [0, 0.1) is 23.0 Å². The van der Waals surface area contributed by atoms with Crippen molar-refractivity contribution in [2.75, 3.05) is 5.32 Å². The molecule has 5 nitrogen and oxygen atoms in total. The number of aryl methyl sites for hydroxylation is 1. The molecule has 0 aliphatic heterocycles. The third-order valence-electron chi connectivity index (χ3n) is 2.95. The minimum atomic E-state index is -1.47. The van der Waals surface area contributed by atoms with Crippen LogP contribution >= 0.6 is 0 Å². The second kappa shape index (κ2) is 5.63. The molecule has 0 fully saturated rings.